The van der Waals surface area contributed by atoms with Gasteiger partial charge in [-0.1, -0.05) is 6.07 Å². The van der Waals surface area contributed by atoms with Gasteiger partial charge in [0, 0.05) is 19.1 Å². The van der Waals surface area contributed by atoms with Gasteiger partial charge in [0.25, 0.3) is 0 Å². The third-order valence-corrected chi connectivity index (χ3v) is 2.85. The highest BCUT2D eigenvalue weighted by Gasteiger charge is 2.19. The van der Waals surface area contributed by atoms with Gasteiger partial charge in [-0.05, 0) is 39.1 Å². The zero-order chi connectivity index (χ0) is 11.4. The summed E-state index contributed by atoms with van der Waals surface area (Å²) in [5.41, 5.74) is 0. The van der Waals surface area contributed by atoms with E-state index in [-0.39, 0.29) is 0 Å². The van der Waals surface area contributed by atoms with Crippen LogP contribution in [-0.2, 0) is 0 Å². The van der Waals surface area contributed by atoms with Crippen LogP contribution in [0.4, 0.5) is 11.6 Å². The Morgan fingerprint density at radius 1 is 1.44 bits per heavy atom. The Morgan fingerprint density at radius 3 is 2.94 bits per heavy atom. The van der Waals surface area contributed by atoms with E-state index in [9.17, 15) is 0 Å². The second-order valence-corrected chi connectivity index (χ2v) is 4.33. The maximum atomic E-state index is 4.51. The van der Waals surface area contributed by atoms with Crippen molar-refractivity contribution in [3.05, 3.63) is 18.2 Å². The summed E-state index contributed by atoms with van der Waals surface area (Å²) in [4.78, 5) is 6.85. The lowest BCUT2D eigenvalue weighted by molar-refractivity contribution is 0.414. The first-order valence-corrected chi connectivity index (χ1v) is 5.94. The molecule has 2 rings (SSSR count). The van der Waals surface area contributed by atoms with Crippen LogP contribution in [0.5, 0.6) is 0 Å². The largest absolute Gasteiger partial charge is 0.370 e. The SMILES string of the molecule is CCNc1cccc(NC2CCN(C)C2)n1. The quantitative estimate of drug-likeness (QED) is 0.809. The monoisotopic (exact) mass is 220 g/mol. The molecule has 1 aliphatic rings. The lowest BCUT2D eigenvalue weighted by Gasteiger charge is -2.14. The molecule has 1 fully saturated rings. The molecule has 0 bridgehead atoms. The summed E-state index contributed by atoms with van der Waals surface area (Å²) in [6, 6.07) is 6.59. The highest BCUT2D eigenvalue weighted by molar-refractivity contribution is 5.45. The number of nitrogens with one attached hydrogen (secondary N) is 2. The van der Waals surface area contributed by atoms with Crippen LogP contribution < -0.4 is 10.6 Å². The van der Waals surface area contributed by atoms with Crippen LogP contribution in [0.1, 0.15) is 13.3 Å². The standard InChI is InChI=1S/C12H20N4/c1-3-13-11-5-4-6-12(15-11)14-10-7-8-16(2)9-10/h4-6,10H,3,7-9H2,1-2H3,(H2,13,14,15). The Bertz CT molecular complexity index is 340. The molecule has 1 atom stereocenters. The number of aromatic nitrogens is 1. The van der Waals surface area contributed by atoms with Crippen molar-refractivity contribution in [1.82, 2.24) is 9.88 Å². The van der Waals surface area contributed by atoms with E-state index in [4.69, 9.17) is 0 Å². The van der Waals surface area contributed by atoms with Gasteiger partial charge < -0.3 is 15.5 Å². The molecular weight excluding hydrogens is 200 g/mol. The molecule has 1 saturated heterocycles. The number of anilines is 2. The second kappa shape index (κ2) is 5.16. The Balaban J connectivity index is 1.95. The van der Waals surface area contributed by atoms with Gasteiger partial charge in [-0.15, -0.1) is 0 Å². The first kappa shape index (κ1) is 11.2. The second-order valence-electron chi connectivity index (χ2n) is 4.33. The fourth-order valence-electron chi connectivity index (χ4n) is 2.06. The number of nitrogens with zero attached hydrogens (tertiary/aromatic N) is 2. The van der Waals surface area contributed by atoms with E-state index < -0.39 is 0 Å². The van der Waals surface area contributed by atoms with E-state index in [1.54, 1.807) is 0 Å². The zero-order valence-electron chi connectivity index (χ0n) is 10.0. The van der Waals surface area contributed by atoms with Crippen molar-refractivity contribution in [2.45, 2.75) is 19.4 Å². The molecular formula is C12H20N4. The Hall–Kier alpha value is -1.29. The summed E-state index contributed by atoms with van der Waals surface area (Å²) in [5, 5.41) is 6.70. The molecule has 1 unspecified atom stereocenters. The number of hydrogen-bond acceptors (Lipinski definition) is 4. The maximum Gasteiger partial charge on any atom is 0.128 e. The molecule has 0 saturated carbocycles. The van der Waals surface area contributed by atoms with E-state index in [1.165, 1.54) is 13.0 Å². The fourth-order valence-corrected chi connectivity index (χ4v) is 2.06. The Labute approximate surface area is 97.1 Å². The summed E-state index contributed by atoms with van der Waals surface area (Å²) in [6.45, 7) is 5.26. The average Bonchev–Trinajstić information content (AvgIpc) is 2.65. The van der Waals surface area contributed by atoms with Crippen LogP contribution in [0.3, 0.4) is 0 Å². The number of pyridine rings is 1. The molecule has 88 valence electrons. The van der Waals surface area contributed by atoms with Gasteiger partial charge in [0.15, 0.2) is 0 Å². The van der Waals surface area contributed by atoms with Crippen LogP contribution in [0, 0.1) is 0 Å². The van der Waals surface area contributed by atoms with Gasteiger partial charge in [-0.3, -0.25) is 0 Å². The lowest BCUT2D eigenvalue weighted by Crippen LogP contribution is -2.24. The van der Waals surface area contributed by atoms with Gasteiger partial charge in [0.2, 0.25) is 0 Å². The smallest absolute Gasteiger partial charge is 0.128 e. The fraction of sp³-hybridized carbons (Fsp3) is 0.583. The zero-order valence-corrected chi connectivity index (χ0v) is 10.0. The van der Waals surface area contributed by atoms with Crippen molar-refractivity contribution in [2.75, 3.05) is 37.3 Å². The summed E-state index contributed by atoms with van der Waals surface area (Å²) < 4.78 is 0. The highest BCUT2D eigenvalue weighted by atomic mass is 15.2. The van der Waals surface area contributed by atoms with Crippen LogP contribution in [0.15, 0.2) is 18.2 Å². The van der Waals surface area contributed by atoms with Gasteiger partial charge in [0.05, 0.1) is 0 Å². The van der Waals surface area contributed by atoms with Crippen molar-refractivity contribution >= 4 is 11.6 Å². The predicted octanol–water partition coefficient (Wildman–Crippen LogP) is 1.63. The molecule has 0 radical (unpaired) electrons. The predicted molar refractivity (Wildman–Crippen MR) is 67.9 cm³/mol. The molecule has 0 amide bonds. The van der Waals surface area contributed by atoms with E-state index in [1.807, 2.05) is 18.2 Å². The van der Waals surface area contributed by atoms with Crippen molar-refractivity contribution in [1.29, 1.82) is 0 Å². The molecule has 2 N–H and O–H groups in total. The minimum absolute atomic E-state index is 0.536. The molecule has 2 heterocycles. The van der Waals surface area contributed by atoms with Crippen LogP contribution in [-0.4, -0.2) is 42.6 Å². The summed E-state index contributed by atoms with van der Waals surface area (Å²) in [6.07, 6.45) is 1.20. The molecule has 0 aromatic carbocycles. The summed E-state index contributed by atoms with van der Waals surface area (Å²) in [5.74, 6) is 1.91. The molecule has 1 aliphatic heterocycles. The average molecular weight is 220 g/mol. The van der Waals surface area contributed by atoms with Crippen molar-refractivity contribution in [3.63, 3.8) is 0 Å². The topological polar surface area (TPSA) is 40.2 Å². The molecule has 0 spiro atoms. The van der Waals surface area contributed by atoms with E-state index in [2.05, 4.69) is 34.5 Å². The summed E-state index contributed by atoms with van der Waals surface area (Å²) in [7, 11) is 2.16. The molecule has 4 nitrogen and oxygen atoms in total. The minimum atomic E-state index is 0.536. The normalized spacial score (nSPS) is 21.0. The van der Waals surface area contributed by atoms with E-state index in [0.717, 1.165) is 24.7 Å². The molecule has 16 heavy (non-hydrogen) atoms. The van der Waals surface area contributed by atoms with Gasteiger partial charge in [-0.2, -0.15) is 0 Å². The van der Waals surface area contributed by atoms with Crippen molar-refractivity contribution in [2.24, 2.45) is 0 Å². The highest BCUT2D eigenvalue weighted by Crippen LogP contribution is 2.14. The van der Waals surface area contributed by atoms with Crippen LogP contribution >= 0.6 is 0 Å². The molecule has 1 aromatic heterocycles. The van der Waals surface area contributed by atoms with Crippen molar-refractivity contribution in [3.8, 4) is 0 Å². The minimum Gasteiger partial charge on any atom is -0.370 e. The maximum absolute atomic E-state index is 4.51. The first-order valence-electron chi connectivity index (χ1n) is 5.94. The van der Waals surface area contributed by atoms with Gasteiger partial charge >= 0.3 is 0 Å². The first-order chi connectivity index (χ1) is 7.78. The molecule has 1 aromatic rings. The van der Waals surface area contributed by atoms with E-state index >= 15 is 0 Å². The Kier molecular flexibility index (Phi) is 3.62. The van der Waals surface area contributed by atoms with E-state index in [0.29, 0.717) is 6.04 Å². The number of likely N-dealkylation sites (N-methyl/N-ethyl adjacent to an activating group) is 1. The van der Waals surface area contributed by atoms with Crippen molar-refractivity contribution < 1.29 is 0 Å². The number of likely N-dealkylation sites (tertiary alicyclic amines) is 1. The molecule has 0 aliphatic carbocycles. The summed E-state index contributed by atoms with van der Waals surface area (Å²) >= 11 is 0. The lowest BCUT2D eigenvalue weighted by atomic mass is 10.2. The number of hydrogen-bond donors (Lipinski definition) is 2. The third-order valence-electron chi connectivity index (χ3n) is 2.85. The van der Waals surface area contributed by atoms with Gasteiger partial charge in [0.1, 0.15) is 11.6 Å². The van der Waals surface area contributed by atoms with Gasteiger partial charge in [-0.25, -0.2) is 4.98 Å². The third kappa shape index (κ3) is 2.85. The Morgan fingerprint density at radius 2 is 2.25 bits per heavy atom. The molecule has 4 heteroatoms. The van der Waals surface area contributed by atoms with Crippen LogP contribution in [0.2, 0.25) is 0 Å². The van der Waals surface area contributed by atoms with Crippen LogP contribution in [0.25, 0.3) is 0 Å². The number of rotatable bonds is 4.